The maximum absolute atomic E-state index is 13.6. The maximum Gasteiger partial charge on any atom is 0.256 e. The van der Waals surface area contributed by atoms with Gasteiger partial charge in [0.15, 0.2) is 0 Å². The Kier molecular flexibility index (Phi) is 5.44. The minimum atomic E-state index is -0.122. The minimum absolute atomic E-state index is 0.122. The Morgan fingerprint density at radius 1 is 0.867 bits per heavy atom. The first-order chi connectivity index (χ1) is 14.4. The zero-order valence-electron chi connectivity index (χ0n) is 17.5. The molecule has 0 fully saturated rings. The molecule has 0 aliphatic rings. The third kappa shape index (κ3) is 3.63. The highest BCUT2D eigenvalue weighted by molar-refractivity contribution is 9.10. The fraction of sp³-hybridized carbons (Fsp3) is 0.154. The number of carbonyl (C=O) groups is 1. The summed E-state index contributed by atoms with van der Waals surface area (Å²) in [5.74, 6) is -0.122. The van der Waals surface area contributed by atoms with E-state index in [0.29, 0.717) is 5.56 Å². The van der Waals surface area contributed by atoms with Crippen molar-refractivity contribution in [2.45, 2.75) is 27.7 Å². The number of halogens is 1. The quantitative estimate of drug-likeness (QED) is 0.354. The smallest absolute Gasteiger partial charge is 0.256 e. The van der Waals surface area contributed by atoms with Crippen molar-refractivity contribution in [2.24, 2.45) is 0 Å². The lowest BCUT2D eigenvalue weighted by Gasteiger charge is -2.17. The zero-order valence-corrected chi connectivity index (χ0v) is 19.1. The van der Waals surface area contributed by atoms with Gasteiger partial charge in [-0.05, 0) is 68.1 Å². The molecule has 4 aromatic rings. The van der Waals surface area contributed by atoms with Crippen LogP contribution < -0.4 is 5.32 Å². The molecule has 3 aromatic carbocycles. The number of amides is 1. The van der Waals surface area contributed by atoms with E-state index >= 15 is 0 Å². The number of nitrogens with one attached hydrogen (secondary N) is 1. The average molecular weight is 459 g/mol. The molecule has 0 aliphatic heterocycles. The molecule has 0 saturated carbocycles. The van der Waals surface area contributed by atoms with Gasteiger partial charge in [0.25, 0.3) is 5.91 Å². The largest absolute Gasteiger partial charge is 0.322 e. The summed E-state index contributed by atoms with van der Waals surface area (Å²) in [7, 11) is 0. The summed E-state index contributed by atoms with van der Waals surface area (Å²) in [6.07, 6.45) is 0. The Labute approximate surface area is 185 Å². The second-order valence-corrected chi connectivity index (χ2v) is 8.56. The monoisotopic (exact) mass is 458 g/mol. The van der Waals surface area contributed by atoms with Gasteiger partial charge in [-0.3, -0.25) is 4.79 Å². The van der Waals surface area contributed by atoms with Gasteiger partial charge in [0.1, 0.15) is 0 Å². The first kappa shape index (κ1) is 20.3. The fourth-order valence-electron chi connectivity index (χ4n) is 3.83. The van der Waals surface area contributed by atoms with Crippen molar-refractivity contribution in [1.82, 2.24) is 4.98 Å². The van der Waals surface area contributed by atoms with E-state index in [0.717, 1.165) is 54.6 Å². The summed E-state index contributed by atoms with van der Waals surface area (Å²) < 4.78 is 0.932. The van der Waals surface area contributed by atoms with Crippen LogP contribution in [0.3, 0.4) is 0 Å². The predicted molar refractivity (Wildman–Crippen MR) is 128 cm³/mol. The SMILES string of the molecule is Cc1cccc(NC(=O)c2c(C)c(-c3ccccc3)nc3c(C)cc(Br)cc23)c1C. The van der Waals surface area contributed by atoms with Gasteiger partial charge in [0.05, 0.1) is 16.8 Å². The fourth-order valence-corrected chi connectivity index (χ4v) is 4.40. The number of pyridine rings is 1. The topological polar surface area (TPSA) is 42.0 Å². The second-order valence-electron chi connectivity index (χ2n) is 7.65. The van der Waals surface area contributed by atoms with Crippen LogP contribution in [0.15, 0.2) is 65.1 Å². The first-order valence-electron chi connectivity index (χ1n) is 9.90. The Bertz CT molecular complexity index is 1280. The molecule has 3 nitrogen and oxygen atoms in total. The molecule has 30 heavy (non-hydrogen) atoms. The molecule has 0 bridgehead atoms. The van der Waals surface area contributed by atoms with Crippen molar-refractivity contribution in [3.05, 3.63) is 93.0 Å². The van der Waals surface area contributed by atoms with Crippen molar-refractivity contribution in [3.8, 4) is 11.3 Å². The van der Waals surface area contributed by atoms with E-state index in [-0.39, 0.29) is 5.91 Å². The summed E-state index contributed by atoms with van der Waals surface area (Å²) in [4.78, 5) is 18.5. The van der Waals surface area contributed by atoms with Crippen LogP contribution in [0.4, 0.5) is 5.69 Å². The number of anilines is 1. The van der Waals surface area contributed by atoms with Crippen molar-refractivity contribution in [3.63, 3.8) is 0 Å². The summed E-state index contributed by atoms with van der Waals surface area (Å²) in [5.41, 5.74) is 8.27. The number of rotatable bonds is 3. The van der Waals surface area contributed by atoms with Crippen LogP contribution in [0.25, 0.3) is 22.2 Å². The molecule has 1 aromatic heterocycles. The van der Waals surface area contributed by atoms with Gasteiger partial charge in [-0.1, -0.05) is 58.4 Å². The number of fused-ring (bicyclic) bond motifs is 1. The lowest BCUT2D eigenvalue weighted by Crippen LogP contribution is -2.16. The zero-order chi connectivity index (χ0) is 21.4. The molecule has 4 rings (SSSR count). The van der Waals surface area contributed by atoms with Crippen LogP contribution in [-0.4, -0.2) is 10.9 Å². The van der Waals surface area contributed by atoms with Crippen LogP contribution in [0, 0.1) is 27.7 Å². The molecule has 4 heteroatoms. The number of carbonyl (C=O) groups excluding carboxylic acids is 1. The number of nitrogens with zero attached hydrogens (tertiary/aromatic N) is 1. The Hall–Kier alpha value is -2.98. The van der Waals surface area contributed by atoms with E-state index in [1.54, 1.807) is 0 Å². The third-order valence-corrected chi connectivity index (χ3v) is 6.07. The third-order valence-electron chi connectivity index (χ3n) is 5.62. The maximum atomic E-state index is 13.6. The molecule has 0 aliphatic carbocycles. The van der Waals surface area contributed by atoms with E-state index in [4.69, 9.17) is 4.98 Å². The standard InChI is InChI=1S/C26H23BrN2O/c1-15-9-8-12-22(17(15)3)28-26(30)23-18(4)25(19-10-6-5-7-11-19)29-24-16(2)13-20(27)14-21(23)24/h5-14H,1-4H3,(H,28,30). The summed E-state index contributed by atoms with van der Waals surface area (Å²) >= 11 is 3.58. The van der Waals surface area contributed by atoms with E-state index in [2.05, 4.69) is 21.2 Å². The molecular formula is C26H23BrN2O. The van der Waals surface area contributed by atoms with Crippen molar-refractivity contribution in [2.75, 3.05) is 5.32 Å². The number of hydrogen-bond acceptors (Lipinski definition) is 2. The van der Waals surface area contributed by atoms with Gasteiger partial charge in [-0.15, -0.1) is 0 Å². The Morgan fingerprint density at radius 3 is 2.33 bits per heavy atom. The van der Waals surface area contributed by atoms with Crippen LogP contribution >= 0.6 is 15.9 Å². The lowest BCUT2D eigenvalue weighted by atomic mass is 9.95. The van der Waals surface area contributed by atoms with Gasteiger partial charge in [-0.25, -0.2) is 4.98 Å². The summed E-state index contributed by atoms with van der Waals surface area (Å²) in [6, 6.07) is 20.0. The number of aromatic nitrogens is 1. The van der Waals surface area contributed by atoms with Crippen LogP contribution in [-0.2, 0) is 0 Å². The van der Waals surface area contributed by atoms with Gasteiger partial charge < -0.3 is 5.32 Å². The van der Waals surface area contributed by atoms with Gasteiger partial charge in [0, 0.05) is 21.1 Å². The van der Waals surface area contributed by atoms with E-state index < -0.39 is 0 Å². The number of benzene rings is 3. The highest BCUT2D eigenvalue weighted by atomic mass is 79.9. The summed E-state index contributed by atoms with van der Waals surface area (Å²) in [5, 5.41) is 3.98. The van der Waals surface area contributed by atoms with E-state index in [1.165, 1.54) is 0 Å². The molecule has 1 heterocycles. The molecule has 0 spiro atoms. The molecular weight excluding hydrogens is 436 g/mol. The highest BCUT2D eigenvalue weighted by Crippen LogP contribution is 2.33. The molecule has 0 saturated heterocycles. The molecule has 0 atom stereocenters. The van der Waals surface area contributed by atoms with Crippen LogP contribution in [0.1, 0.15) is 32.6 Å². The Morgan fingerprint density at radius 2 is 1.60 bits per heavy atom. The lowest BCUT2D eigenvalue weighted by molar-refractivity contribution is 0.102. The van der Waals surface area contributed by atoms with Gasteiger partial charge in [0.2, 0.25) is 0 Å². The predicted octanol–water partition coefficient (Wildman–Crippen LogP) is 7.15. The van der Waals surface area contributed by atoms with E-state index in [1.807, 2.05) is 88.4 Å². The van der Waals surface area contributed by atoms with Crippen molar-refractivity contribution >= 4 is 38.4 Å². The Balaban J connectivity index is 1.96. The van der Waals surface area contributed by atoms with Crippen molar-refractivity contribution < 1.29 is 4.79 Å². The molecule has 0 unspecified atom stereocenters. The molecule has 1 N–H and O–H groups in total. The average Bonchev–Trinajstić information content (AvgIpc) is 2.71. The minimum Gasteiger partial charge on any atom is -0.322 e. The molecule has 0 radical (unpaired) electrons. The van der Waals surface area contributed by atoms with Gasteiger partial charge in [-0.2, -0.15) is 0 Å². The van der Waals surface area contributed by atoms with E-state index in [9.17, 15) is 4.79 Å². The first-order valence-corrected chi connectivity index (χ1v) is 10.7. The highest BCUT2D eigenvalue weighted by Gasteiger charge is 2.21. The van der Waals surface area contributed by atoms with Gasteiger partial charge >= 0.3 is 0 Å². The van der Waals surface area contributed by atoms with Crippen LogP contribution in [0.2, 0.25) is 0 Å². The van der Waals surface area contributed by atoms with Crippen LogP contribution in [0.5, 0.6) is 0 Å². The molecule has 150 valence electrons. The van der Waals surface area contributed by atoms with Crippen molar-refractivity contribution in [1.29, 1.82) is 0 Å². The normalized spacial score (nSPS) is 11.0. The summed E-state index contributed by atoms with van der Waals surface area (Å²) in [6.45, 7) is 8.07. The molecule has 1 amide bonds. The number of aryl methyl sites for hydroxylation is 2. The number of hydrogen-bond donors (Lipinski definition) is 1. The second kappa shape index (κ2) is 8.04.